The Morgan fingerprint density at radius 2 is 1.85 bits per heavy atom. The number of hydrogen-bond donors (Lipinski definition) is 2. The first kappa shape index (κ1) is 16.8. The molecule has 1 aliphatic rings. The van der Waals surface area contributed by atoms with Gasteiger partial charge in [-0.2, -0.15) is 0 Å². The van der Waals surface area contributed by atoms with Crippen molar-refractivity contribution < 1.29 is 9.90 Å². The molecule has 5 nitrogen and oxygen atoms in total. The molecule has 0 saturated heterocycles. The van der Waals surface area contributed by atoms with Crippen LogP contribution in [0.4, 0.5) is 0 Å². The number of para-hydroxylation sites is 3. The van der Waals surface area contributed by atoms with Gasteiger partial charge in [0.25, 0.3) is 0 Å². The number of aliphatic hydroxyl groups excluding tert-OH is 1. The molecule has 5 heteroatoms. The third kappa shape index (κ3) is 3.35. The van der Waals surface area contributed by atoms with E-state index in [0.29, 0.717) is 19.4 Å². The lowest BCUT2D eigenvalue weighted by molar-refractivity contribution is -0.121. The smallest absolute Gasteiger partial charge is 0.220 e. The highest BCUT2D eigenvalue weighted by molar-refractivity contribution is 5.79. The number of imidazole rings is 1. The molecule has 4 rings (SSSR count). The number of aryl methyl sites for hydroxylation is 1. The summed E-state index contributed by atoms with van der Waals surface area (Å²) in [7, 11) is 0. The minimum atomic E-state index is -0.0627. The molecule has 3 aromatic rings. The molecule has 0 unspecified atom stereocenters. The minimum absolute atomic E-state index is 0.0105. The Balaban J connectivity index is 1.52. The van der Waals surface area contributed by atoms with Crippen molar-refractivity contribution in [2.45, 2.75) is 25.7 Å². The molecule has 1 fully saturated rings. The van der Waals surface area contributed by atoms with Gasteiger partial charge < -0.3 is 10.4 Å². The molecule has 0 bridgehead atoms. The molecule has 2 N–H and O–H groups in total. The van der Waals surface area contributed by atoms with E-state index in [4.69, 9.17) is 4.98 Å². The fourth-order valence-corrected chi connectivity index (χ4v) is 3.28. The molecule has 26 heavy (non-hydrogen) atoms. The van der Waals surface area contributed by atoms with E-state index in [0.717, 1.165) is 35.4 Å². The molecule has 1 heterocycles. The minimum Gasteiger partial charge on any atom is -0.396 e. The maximum atomic E-state index is 12.2. The second-order valence-corrected chi connectivity index (χ2v) is 7.12. The number of nitrogens with one attached hydrogen (secondary N) is 1. The van der Waals surface area contributed by atoms with Crippen LogP contribution in [0.3, 0.4) is 0 Å². The Labute approximate surface area is 152 Å². The quantitative estimate of drug-likeness (QED) is 0.689. The van der Waals surface area contributed by atoms with Crippen molar-refractivity contribution in [1.82, 2.24) is 14.9 Å². The highest BCUT2D eigenvalue weighted by Crippen LogP contribution is 2.44. The number of rotatable bonds is 7. The van der Waals surface area contributed by atoms with Crippen molar-refractivity contribution in [2.75, 3.05) is 13.2 Å². The van der Waals surface area contributed by atoms with Crippen LogP contribution >= 0.6 is 0 Å². The lowest BCUT2D eigenvalue weighted by atomic mass is 10.1. The second-order valence-electron chi connectivity index (χ2n) is 7.12. The summed E-state index contributed by atoms with van der Waals surface area (Å²) in [5, 5.41) is 12.3. The number of carbonyl (C=O) groups is 1. The fourth-order valence-electron chi connectivity index (χ4n) is 3.28. The van der Waals surface area contributed by atoms with E-state index in [2.05, 4.69) is 28.1 Å². The van der Waals surface area contributed by atoms with Gasteiger partial charge in [0.2, 0.25) is 5.91 Å². The van der Waals surface area contributed by atoms with Crippen LogP contribution in [0, 0.1) is 5.41 Å². The summed E-state index contributed by atoms with van der Waals surface area (Å²) in [6.45, 7) is 0.717. The average molecular weight is 349 g/mol. The predicted molar refractivity (Wildman–Crippen MR) is 101 cm³/mol. The third-order valence-electron chi connectivity index (χ3n) is 5.17. The number of hydrogen-bond acceptors (Lipinski definition) is 3. The van der Waals surface area contributed by atoms with Gasteiger partial charge in [-0.1, -0.05) is 30.3 Å². The van der Waals surface area contributed by atoms with Crippen LogP contribution in [-0.2, 0) is 11.2 Å². The molecule has 0 aliphatic heterocycles. The number of carbonyl (C=O) groups excluding carboxylic acids is 1. The summed E-state index contributed by atoms with van der Waals surface area (Å²) in [6.07, 6.45) is 2.94. The molecule has 0 spiro atoms. The summed E-state index contributed by atoms with van der Waals surface area (Å²) in [4.78, 5) is 17.0. The molecule has 1 saturated carbocycles. The Hall–Kier alpha value is -2.66. The normalized spacial score (nSPS) is 15.1. The van der Waals surface area contributed by atoms with Crippen LogP contribution in [0.5, 0.6) is 0 Å². The SMILES string of the molecule is O=C(CCc1nc2ccccc2n1-c1ccccc1)NCC1(CO)CC1. The van der Waals surface area contributed by atoms with Crippen LogP contribution in [0.25, 0.3) is 16.7 Å². The van der Waals surface area contributed by atoms with Crippen molar-refractivity contribution in [3.63, 3.8) is 0 Å². The van der Waals surface area contributed by atoms with Crippen molar-refractivity contribution in [1.29, 1.82) is 0 Å². The molecular formula is C21H23N3O2. The van der Waals surface area contributed by atoms with Gasteiger partial charge in [0, 0.05) is 30.5 Å². The molecule has 134 valence electrons. The second kappa shape index (κ2) is 6.92. The Morgan fingerprint density at radius 1 is 1.12 bits per heavy atom. The van der Waals surface area contributed by atoms with Crippen molar-refractivity contribution >= 4 is 16.9 Å². The molecule has 1 aliphatic carbocycles. The van der Waals surface area contributed by atoms with Gasteiger partial charge in [-0.25, -0.2) is 4.98 Å². The topological polar surface area (TPSA) is 67.2 Å². The fraction of sp³-hybridized carbons (Fsp3) is 0.333. The van der Waals surface area contributed by atoms with Crippen LogP contribution in [0.15, 0.2) is 54.6 Å². The first-order valence-corrected chi connectivity index (χ1v) is 9.10. The lowest BCUT2D eigenvalue weighted by Gasteiger charge is -2.13. The van der Waals surface area contributed by atoms with Gasteiger partial charge in [-0.3, -0.25) is 9.36 Å². The van der Waals surface area contributed by atoms with Crippen molar-refractivity contribution in [3.05, 3.63) is 60.4 Å². The molecule has 0 radical (unpaired) electrons. The molecular weight excluding hydrogens is 326 g/mol. The number of benzene rings is 2. The largest absolute Gasteiger partial charge is 0.396 e. The number of amides is 1. The van der Waals surface area contributed by atoms with E-state index in [-0.39, 0.29) is 17.9 Å². The summed E-state index contributed by atoms with van der Waals surface area (Å²) < 4.78 is 2.12. The van der Waals surface area contributed by atoms with Crippen LogP contribution in [0.1, 0.15) is 25.1 Å². The van der Waals surface area contributed by atoms with E-state index in [1.54, 1.807) is 0 Å². The first-order valence-electron chi connectivity index (χ1n) is 9.10. The standard InChI is InChI=1S/C21H23N3O2/c25-15-21(12-13-21)14-22-20(26)11-10-19-23-17-8-4-5-9-18(17)24(19)16-6-2-1-3-7-16/h1-9,25H,10-15H2,(H,22,26). The van der Waals surface area contributed by atoms with Crippen molar-refractivity contribution in [2.24, 2.45) is 5.41 Å². The highest BCUT2D eigenvalue weighted by atomic mass is 16.3. The van der Waals surface area contributed by atoms with Crippen LogP contribution < -0.4 is 5.32 Å². The monoisotopic (exact) mass is 349 g/mol. The Kier molecular flexibility index (Phi) is 4.47. The van der Waals surface area contributed by atoms with Gasteiger partial charge in [0.1, 0.15) is 5.82 Å². The van der Waals surface area contributed by atoms with E-state index in [1.165, 1.54) is 0 Å². The van der Waals surface area contributed by atoms with Gasteiger partial charge >= 0.3 is 0 Å². The van der Waals surface area contributed by atoms with Gasteiger partial charge in [-0.15, -0.1) is 0 Å². The average Bonchev–Trinajstić information content (AvgIpc) is 3.38. The maximum absolute atomic E-state index is 12.2. The van der Waals surface area contributed by atoms with Gasteiger partial charge in [0.15, 0.2) is 0 Å². The van der Waals surface area contributed by atoms with Crippen LogP contribution in [0.2, 0.25) is 0 Å². The molecule has 0 atom stereocenters. The van der Waals surface area contributed by atoms with Gasteiger partial charge in [-0.05, 0) is 37.1 Å². The van der Waals surface area contributed by atoms with E-state index in [9.17, 15) is 9.90 Å². The first-order chi connectivity index (χ1) is 12.7. The third-order valence-corrected chi connectivity index (χ3v) is 5.17. The lowest BCUT2D eigenvalue weighted by Crippen LogP contribution is -2.32. The summed E-state index contributed by atoms with van der Waals surface area (Å²) >= 11 is 0. The van der Waals surface area contributed by atoms with E-state index < -0.39 is 0 Å². The highest BCUT2D eigenvalue weighted by Gasteiger charge is 2.41. The number of aromatic nitrogens is 2. The summed E-state index contributed by atoms with van der Waals surface area (Å²) in [5.74, 6) is 0.896. The predicted octanol–water partition coefficient (Wildman–Crippen LogP) is 2.85. The Bertz CT molecular complexity index is 913. The van der Waals surface area contributed by atoms with Crippen molar-refractivity contribution in [3.8, 4) is 5.69 Å². The van der Waals surface area contributed by atoms with E-state index in [1.807, 2.05) is 36.4 Å². The zero-order valence-corrected chi connectivity index (χ0v) is 14.7. The van der Waals surface area contributed by atoms with Gasteiger partial charge in [0.05, 0.1) is 17.6 Å². The molecule has 2 aromatic carbocycles. The Morgan fingerprint density at radius 3 is 2.58 bits per heavy atom. The summed E-state index contributed by atoms with van der Waals surface area (Å²) in [5.41, 5.74) is 2.97. The zero-order valence-electron chi connectivity index (χ0n) is 14.7. The molecule has 1 aromatic heterocycles. The van der Waals surface area contributed by atoms with E-state index >= 15 is 0 Å². The number of fused-ring (bicyclic) bond motifs is 1. The summed E-state index contributed by atoms with van der Waals surface area (Å²) in [6, 6.07) is 18.1. The number of nitrogens with zero attached hydrogens (tertiary/aromatic N) is 2. The number of aliphatic hydroxyl groups is 1. The molecule has 1 amide bonds. The zero-order chi connectivity index (χ0) is 18.0. The maximum Gasteiger partial charge on any atom is 0.220 e. The van der Waals surface area contributed by atoms with Crippen LogP contribution in [-0.4, -0.2) is 33.7 Å².